The maximum absolute atomic E-state index is 11.1. The van der Waals surface area contributed by atoms with Gasteiger partial charge in [0, 0.05) is 18.2 Å². The van der Waals surface area contributed by atoms with E-state index in [1.54, 1.807) is 6.92 Å². The fraction of sp³-hybridized carbons (Fsp3) is 0.727. The fourth-order valence-electron chi connectivity index (χ4n) is 1.24. The van der Waals surface area contributed by atoms with Crippen LogP contribution in [-0.4, -0.2) is 25.0 Å². The SMILES string of the molecule is C=C(C)C(=O)NCCCC(N)CCCN. The van der Waals surface area contributed by atoms with Gasteiger partial charge >= 0.3 is 0 Å². The lowest BCUT2D eigenvalue weighted by Crippen LogP contribution is -2.27. The first-order chi connectivity index (χ1) is 7.07. The third-order valence-corrected chi connectivity index (χ3v) is 2.20. The Morgan fingerprint density at radius 3 is 2.53 bits per heavy atom. The molecule has 0 bridgehead atoms. The zero-order valence-electron chi connectivity index (χ0n) is 9.59. The first kappa shape index (κ1) is 14.1. The molecule has 1 atom stereocenters. The summed E-state index contributed by atoms with van der Waals surface area (Å²) in [6.45, 7) is 6.62. The van der Waals surface area contributed by atoms with E-state index in [-0.39, 0.29) is 11.9 Å². The lowest BCUT2D eigenvalue weighted by molar-refractivity contribution is -0.117. The molecule has 0 spiro atoms. The quantitative estimate of drug-likeness (QED) is 0.406. The molecule has 88 valence electrons. The number of rotatable bonds is 8. The normalized spacial score (nSPS) is 12.2. The molecule has 15 heavy (non-hydrogen) atoms. The highest BCUT2D eigenvalue weighted by Gasteiger charge is 2.03. The Morgan fingerprint density at radius 1 is 1.40 bits per heavy atom. The molecule has 0 fully saturated rings. The van der Waals surface area contributed by atoms with Gasteiger partial charge in [-0.15, -0.1) is 0 Å². The molecular weight excluding hydrogens is 190 g/mol. The molecule has 0 saturated carbocycles. The first-order valence-electron chi connectivity index (χ1n) is 5.47. The minimum atomic E-state index is -0.0782. The molecule has 0 aromatic carbocycles. The van der Waals surface area contributed by atoms with Gasteiger partial charge in [-0.05, 0) is 39.2 Å². The van der Waals surface area contributed by atoms with Crippen molar-refractivity contribution < 1.29 is 4.79 Å². The van der Waals surface area contributed by atoms with Gasteiger partial charge in [0.05, 0.1) is 0 Å². The highest BCUT2D eigenvalue weighted by atomic mass is 16.1. The number of nitrogens with one attached hydrogen (secondary N) is 1. The zero-order valence-corrected chi connectivity index (χ0v) is 9.59. The van der Waals surface area contributed by atoms with E-state index >= 15 is 0 Å². The lowest BCUT2D eigenvalue weighted by atomic mass is 10.1. The Bertz CT molecular complexity index is 204. The third kappa shape index (κ3) is 8.15. The largest absolute Gasteiger partial charge is 0.352 e. The second-order valence-corrected chi connectivity index (χ2v) is 3.87. The van der Waals surface area contributed by atoms with Crippen molar-refractivity contribution in [2.45, 2.75) is 38.6 Å². The summed E-state index contributed by atoms with van der Waals surface area (Å²) in [7, 11) is 0. The molecule has 0 radical (unpaired) electrons. The average molecular weight is 213 g/mol. The van der Waals surface area contributed by atoms with E-state index < -0.39 is 0 Å². The van der Waals surface area contributed by atoms with Crippen LogP contribution in [-0.2, 0) is 4.79 Å². The molecule has 0 saturated heterocycles. The molecule has 0 aliphatic heterocycles. The molecule has 1 amide bonds. The van der Waals surface area contributed by atoms with Gasteiger partial charge in [-0.3, -0.25) is 4.79 Å². The van der Waals surface area contributed by atoms with Gasteiger partial charge < -0.3 is 16.8 Å². The third-order valence-electron chi connectivity index (χ3n) is 2.20. The van der Waals surface area contributed by atoms with Crippen LogP contribution in [0.3, 0.4) is 0 Å². The summed E-state index contributed by atoms with van der Waals surface area (Å²) in [4.78, 5) is 11.1. The van der Waals surface area contributed by atoms with Crippen molar-refractivity contribution in [3.63, 3.8) is 0 Å². The van der Waals surface area contributed by atoms with Crippen LogP contribution in [0.5, 0.6) is 0 Å². The highest BCUT2D eigenvalue weighted by molar-refractivity contribution is 5.91. The molecule has 4 nitrogen and oxygen atoms in total. The molecule has 0 aromatic rings. The average Bonchev–Trinajstić information content (AvgIpc) is 2.20. The number of carbonyl (C=O) groups excluding carboxylic acids is 1. The summed E-state index contributed by atoms with van der Waals surface area (Å²) in [5, 5.41) is 2.77. The topological polar surface area (TPSA) is 81.1 Å². The predicted octanol–water partition coefficient (Wildman–Crippen LogP) is 0.525. The summed E-state index contributed by atoms with van der Waals surface area (Å²) >= 11 is 0. The summed E-state index contributed by atoms with van der Waals surface area (Å²) in [5.41, 5.74) is 11.8. The van der Waals surface area contributed by atoms with Gasteiger partial charge in [0.15, 0.2) is 0 Å². The van der Waals surface area contributed by atoms with Crippen molar-refractivity contribution >= 4 is 5.91 Å². The van der Waals surface area contributed by atoms with Crippen LogP contribution < -0.4 is 16.8 Å². The molecule has 0 aliphatic rings. The summed E-state index contributed by atoms with van der Waals surface area (Å²) < 4.78 is 0. The van der Waals surface area contributed by atoms with E-state index in [2.05, 4.69) is 11.9 Å². The maximum atomic E-state index is 11.1. The standard InChI is InChI=1S/C11H23N3O/c1-9(2)11(15)14-8-4-6-10(13)5-3-7-12/h10H,1,3-8,12-13H2,2H3,(H,14,15). The minimum Gasteiger partial charge on any atom is -0.352 e. The molecule has 0 aliphatic carbocycles. The number of nitrogens with two attached hydrogens (primary N) is 2. The number of hydrogen-bond donors (Lipinski definition) is 3. The highest BCUT2D eigenvalue weighted by Crippen LogP contribution is 2.00. The molecule has 0 heterocycles. The van der Waals surface area contributed by atoms with E-state index in [1.807, 2.05) is 0 Å². The Labute approximate surface area is 92.1 Å². The van der Waals surface area contributed by atoms with Crippen LogP contribution in [0.15, 0.2) is 12.2 Å². The van der Waals surface area contributed by atoms with E-state index in [0.29, 0.717) is 18.7 Å². The van der Waals surface area contributed by atoms with E-state index in [1.165, 1.54) is 0 Å². The van der Waals surface area contributed by atoms with Gasteiger partial charge in [0.1, 0.15) is 0 Å². The van der Waals surface area contributed by atoms with E-state index in [0.717, 1.165) is 25.7 Å². The van der Waals surface area contributed by atoms with Gasteiger partial charge in [-0.2, -0.15) is 0 Å². The van der Waals surface area contributed by atoms with Gasteiger partial charge in [-0.25, -0.2) is 0 Å². The van der Waals surface area contributed by atoms with Crippen LogP contribution >= 0.6 is 0 Å². The van der Waals surface area contributed by atoms with Crippen molar-refractivity contribution in [2.75, 3.05) is 13.1 Å². The number of amides is 1. The Balaban J connectivity index is 3.37. The summed E-state index contributed by atoms with van der Waals surface area (Å²) in [5.74, 6) is -0.0782. The fourth-order valence-corrected chi connectivity index (χ4v) is 1.24. The van der Waals surface area contributed by atoms with Crippen molar-refractivity contribution in [3.8, 4) is 0 Å². The van der Waals surface area contributed by atoms with Gasteiger partial charge in [0.2, 0.25) is 5.91 Å². The predicted molar refractivity (Wildman–Crippen MR) is 63.3 cm³/mol. The molecule has 4 heteroatoms. The van der Waals surface area contributed by atoms with E-state index in [9.17, 15) is 4.79 Å². The van der Waals surface area contributed by atoms with Crippen LogP contribution in [0, 0.1) is 0 Å². The molecule has 1 unspecified atom stereocenters. The van der Waals surface area contributed by atoms with Gasteiger partial charge in [-0.1, -0.05) is 6.58 Å². The maximum Gasteiger partial charge on any atom is 0.246 e. The second kappa shape index (κ2) is 8.44. The number of carbonyl (C=O) groups is 1. The van der Waals surface area contributed by atoms with Crippen molar-refractivity contribution in [3.05, 3.63) is 12.2 Å². The van der Waals surface area contributed by atoms with Crippen LogP contribution in [0.25, 0.3) is 0 Å². The van der Waals surface area contributed by atoms with Gasteiger partial charge in [0.25, 0.3) is 0 Å². The summed E-state index contributed by atoms with van der Waals surface area (Å²) in [6.07, 6.45) is 3.77. The Morgan fingerprint density at radius 2 is 2.00 bits per heavy atom. The molecule has 0 aromatic heterocycles. The zero-order chi connectivity index (χ0) is 11.7. The summed E-state index contributed by atoms with van der Waals surface area (Å²) in [6, 6.07) is 0.204. The lowest BCUT2D eigenvalue weighted by Gasteiger charge is -2.10. The van der Waals surface area contributed by atoms with Crippen LogP contribution in [0.2, 0.25) is 0 Å². The van der Waals surface area contributed by atoms with Crippen LogP contribution in [0.1, 0.15) is 32.6 Å². The van der Waals surface area contributed by atoms with E-state index in [4.69, 9.17) is 11.5 Å². The minimum absolute atomic E-state index is 0.0782. The van der Waals surface area contributed by atoms with Crippen LogP contribution in [0.4, 0.5) is 0 Å². The number of hydrogen-bond acceptors (Lipinski definition) is 3. The smallest absolute Gasteiger partial charge is 0.246 e. The molecule has 0 rings (SSSR count). The Kier molecular flexibility index (Phi) is 7.95. The molecular formula is C11H23N3O. The van der Waals surface area contributed by atoms with Crippen molar-refractivity contribution in [1.29, 1.82) is 0 Å². The molecule has 5 N–H and O–H groups in total. The first-order valence-corrected chi connectivity index (χ1v) is 5.47. The monoisotopic (exact) mass is 213 g/mol. The second-order valence-electron chi connectivity index (χ2n) is 3.87. The van der Waals surface area contributed by atoms with Crippen molar-refractivity contribution in [2.24, 2.45) is 11.5 Å². The van der Waals surface area contributed by atoms with Crippen molar-refractivity contribution in [1.82, 2.24) is 5.32 Å². The Hall–Kier alpha value is -0.870.